The molecule has 2 aromatic rings. The highest BCUT2D eigenvalue weighted by Crippen LogP contribution is 2.51. The van der Waals surface area contributed by atoms with Gasteiger partial charge >= 0.3 is 0 Å². The number of benzene rings is 2. The summed E-state index contributed by atoms with van der Waals surface area (Å²) in [7, 11) is 0. The van der Waals surface area contributed by atoms with E-state index in [1.54, 1.807) is 0 Å². The molecular formula is C25H27NO4. The molecule has 0 aromatic heterocycles. The quantitative estimate of drug-likeness (QED) is 0.774. The molecular weight excluding hydrogens is 378 g/mol. The average molecular weight is 405 g/mol. The molecule has 0 radical (unpaired) electrons. The van der Waals surface area contributed by atoms with Crippen LogP contribution in [0.1, 0.15) is 50.7 Å². The minimum Gasteiger partial charge on any atom is -0.494 e. The zero-order valence-corrected chi connectivity index (χ0v) is 17.7. The second-order valence-corrected chi connectivity index (χ2v) is 8.98. The molecule has 5 nitrogen and oxygen atoms in total. The maximum absolute atomic E-state index is 13.3. The summed E-state index contributed by atoms with van der Waals surface area (Å²) in [5, 5.41) is 3.57. The monoisotopic (exact) mass is 405 g/mol. The van der Waals surface area contributed by atoms with Gasteiger partial charge in [0.2, 0.25) is 0 Å². The van der Waals surface area contributed by atoms with E-state index in [-0.39, 0.29) is 17.1 Å². The van der Waals surface area contributed by atoms with Crippen LogP contribution in [0.2, 0.25) is 0 Å². The normalized spacial score (nSPS) is 21.4. The molecule has 0 saturated carbocycles. The van der Waals surface area contributed by atoms with Gasteiger partial charge in [-0.05, 0) is 48.1 Å². The van der Waals surface area contributed by atoms with Crippen LogP contribution in [0.15, 0.2) is 47.7 Å². The van der Waals surface area contributed by atoms with Crippen LogP contribution in [0.25, 0.3) is 0 Å². The average Bonchev–Trinajstić information content (AvgIpc) is 2.71. The van der Waals surface area contributed by atoms with Crippen LogP contribution in [0.4, 0.5) is 5.69 Å². The Hall–Kier alpha value is -2.95. The number of ether oxygens (including phenoxy) is 3. The van der Waals surface area contributed by atoms with Crippen molar-refractivity contribution in [1.29, 1.82) is 0 Å². The van der Waals surface area contributed by atoms with Gasteiger partial charge in [0.15, 0.2) is 17.3 Å². The largest absolute Gasteiger partial charge is 0.494 e. The van der Waals surface area contributed by atoms with E-state index >= 15 is 0 Å². The maximum Gasteiger partial charge on any atom is 0.163 e. The predicted molar refractivity (Wildman–Crippen MR) is 116 cm³/mol. The van der Waals surface area contributed by atoms with Crippen molar-refractivity contribution < 1.29 is 19.0 Å². The summed E-state index contributed by atoms with van der Waals surface area (Å²) in [4.78, 5) is 13.3. The smallest absolute Gasteiger partial charge is 0.163 e. The number of carbonyl (C=O) groups excluding carboxylic acids is 1. The Morgan fingerprint density at radius 2 is 1.77 bits per heavy atom. The lowest BCUT2D eigenvalue weighted by Crippen LogP contribution is -2.34. The first-order valence-corrected chi connectivity index (χ1v) is 10.6. The van der Waals surface area contributed by atoms with E-state index < -0.39 is 0 Å². The third-order valence-electron chi connectivity index (χ3n) is 6.04. The fourth-order valence-electron chi connectivity index (χ4n) is 4.82. The number of rotatable bonds is 3. The van der Waals surface area contributed by atoms with Crippen molar-refractivity contribution in [2.24, 2.45) is 5.41 Å². The van der Waals surface area contributed by atoms with Crippen LogP contribution in [-0.4, -0.2) is 25.6 Å². The van der Waals surface area contributed by atoms with Gasteiger partial charge in [0.05, 0.1) is 6.61 Å². The molecule has 2 aromatic carbocycles. The van der Waals surface area contributed by atoms with Gasteiger partial charge in [-0.25, -0.2) is 0 Å². The van der Waals surface area contributed by atoms with Crippen LogP contribution in [-0.2, 0) is 4.79 Å². The van der Waals surface area contributed by atoms with Gasteiger partial charge in [-0.1, -0.05) is 26.0 Å². The number of hydrogen-bond acceptors (Lipinski definition) is 5. The molecule has 1 atom stereocenters. The summed E-state index contributed by atoms with van der Waals surface area (Å²) < 4.78 is 17.3. The van der Waals surface area contributed by atoms with Crippen molar-refractivity contribution in [1.82, 2.24) is 0 Å². The number of hydrogen-bond donors (Lipinski definition) is 1. The molecule has 0 unspecified atom stereocenters. The number of Topliss-reactive ketones (excluding diaryl/α,β-unsaturated/α-hetero) is 1. The van der Waals surface area contributed by atoms with E-state index in [4.69, 9.17) is 14.2 Å². The Morgan fingerprint density at radius 3 is 2.47 bits per heavy atom. The third-order valence-corrected chi connectivity index (χ3v) is 6.04. The highest BCUT2D eigenvalue weighted by Gasteiger charge is 2.41. The third kappa shape index (κ3) is 3.22. The fraction of sp³-hybridized carbons (Fsp3) is 0.400. The number of fused-ring (bicyclic) bond motifs is 2. The number of anilines is 1. The minimum absolute atomic E-state index is 0.0579. The van der Waals surface area contributed by atoms with Crippen LogP contribution in [0.5, 0.6) is 17.2 Å². The Balaban J connectivity index is 1.66. The first-order chi connectivity index (χ1) is 14.4. The van der Waals surface area contributed by atoms with Gasteiger partial charge in [0, 0.05) is 35.4 Å². The molecule has 0 bridgehead atoms. The van der Waals surface area contributed by atoms with Gasteiger partial charge in [0.25, 0.3) is 0 Å². The molecule has 2 aliphatic heterocycles. The second-order valence-electron chi connectivity index (χ2n) is 8.98. The Kier molecular flexibility index (Phi) is 4.49. The molecule has 3 aliphatic rings. The molecule has 0 spiro atoms. The van der Waals surface area contributed by atoms with Gasteiger partial charge in [-0.2, -0.15) is 0 Å². The minimum atomic E-state index is -0.133. The molecule has 156 valence electrons. The van der Waals surface area contributed by atoms with Crippen LogP contribution in [0, 0.1) is 5.41 Å². The zero-order chi connectivity index (χ0) is 20.9. The first kappa shape index (κ1) is 19.0. The van der Waals surface area contributed by atoms with Crippen molar-refractivity contribution in [2.45, 2.75) is 39.5 Å². The van der Waals surface area contributed by atoms with Crippen molar-refractivity contribution in [2.75, 3.05) is 25.1 Å². The highest BCUT2D eigenvalue weighted by atomic mass is 16.6. The summed E-state index contributed by atoms with van der Waals surface area (Å²) >= 11 is 0. The number of nitrogens with one attached hydrogen (secondary N) is 1. The van der Waals surface area contributed by atoms with Crippen molar-refractivity contribution in [3.63, 3.8) is 0 Å². The maximum atomic E-state index is 13.3. The summed E-state index contributed by atoms with van der Waals surface area (Å²) in [6.07, 6.45) is 1.40. The SMILES string of the molecule is CCOc1ccc([C@H]2C3=C(CC(C)(C)CC3=O)Nc3cc4c(cc32)OCCO4)cc1. The van der Waals surface area contributed by atoms with E-state index in [1.807, 2.05) is 31.2 Å². The lowest BCUT2D eigenvalue weighted by molar-refractivity contribution is -0.118. The highest BCUT2D eigenvalue weighted by molar-refractivity contribution is 6.01. The molecule has 1 aliphatic carbocycles. The van der Waals surface area contributed by atoms with Gasteiger partial charge in [0.1, 0.15) is 19.0 Å². The lowest BCUT2D eigenvalue weighted by Gasteiger charge is -2.40. The molecule has 5 rings (SSSR count). The van der Waals surface area contributed by atoms with Gasteiger partial charge in [-0.3, -0.25) is 4.79 Å². The molecule has 5 heteroatoms. The van der Waals surface area contributed by atoms with Crippen molar-refractivity contribution in [3.05, 3.63) is 58.8 Å². The molecule has 1 N–H and O–H groups in total. The van der Waals surface area contributed by atoms with E-state index in [1.165, 1.54) is 0 Å². The summed E-state index contributed by atoms with van der Waals surface area (Å²) in [6, 6.07) is 12.2. The Labute approximate surface area is 177 Å². The Morgan fingerprint density at radius 1 is 1.07 bits per heavy atom. The van der Waals surface area contributed by atoms with E-state index in [9.17, 15) is 4.79 Å². The predicted octanol–water partition coefficient (Wildman–Crippen LogP) is 5.06. The van der Waals surface area contributed by atoms with E-state index in [2.05, 4.69) is 31.3 Å². The summed E-state index contributed by atoms with van der Waals surface area (Å²) in [5.41, 5.74) is 4.97. The first-order valence-electron chi connectivity index (χ1n) is 10.6. The molecule has 0 amide bonds. The van der Waals surface area contributed by atoms with Crippen LogP contribution >= 0.6 is 0 Å². The summed E-state index contributed by atoms with van der Waals surface area (Å²) in [5.74, 6) is 2.41. The Bertz CT molecular complexity index is 1040. The van der Waals surface area contributed by atoms with E-state index in [0.717, 1.165) is 51.8 Å². The topological polar surface area (TPSA) is 56.8 Å². The van der Waals surface area contributed by atoms with E-state index in [0.29, 0.717) is 26.2 Å². The van der Waals surface area contributed by atoms with Crippen LogP contribution in [0.3, 0.4) is 0 Å². The summed E-state index contributed by atoms with van der Waals surface area (Å²) in [6.45, 7) is 7.99. The standard InChI is InChI=1S/C25H27NO4/c1-4-28-16-7-5-15(6-8-16)23-17-11-21-22(30-10-9-29-21)12-18(17)26-19-13-25(2,3)14-20(27)24(19)23/h5-8,11-12,23,26H,4,9-10,13-14H2,1-3H3/t23-/m1/s1. The van der Waals surface area contributed by atoms with Crippen molar-refractivity contribution in [3.8, 4) is 17.2 Å². The molecule has 0 fully saturated rings. The number of carbonyl (C=O) groups is 1. The van der Waals surface area contributed by atoms with Gasteiger partial charge in [-0.15, -0.1) is 0 Å². The molecule has 0 saturated heterocycles. The van der Waals surface area contributed by atoms with Crippen molar-refractivity contribution >= 4 is 11.5 Å². The number of ketones is 1. The second kappa shape index (κ2) is 7.08. The zero-order valence-electron chi connectivity index (χ0n) is 17.7. The molecule has 2 heterocycles. The lowest BCUT2D eigenvalue weighted by atomic mass is 9.68. The van der Waals surface area contributed by atoms with Gasteiger partial charge < -0.3 is 19.5 Å². The van der Waals surface area contributed by atoms with Crippen LogP contribution < -0.4 is 19.5 Å². The number of allylic oxidation sites excluding steroid dienone is 2. The fourth-order valence-corrected chi connectivity index (χ4v) is 4.82. The molecule has 30 heavy (non-hydrogen) atoms.